The average Bonchev–Trinajstić information content (AvgIpc) is 2.47. The monoisotopic (exact) mass is 255 g/mol. The van der Waals surface area contributed by atoms with Gasteiger partial charge in [0, 0.05) is 19.7 Å². The van der Waals surface area contributed by atoms with Gasteiger partial charge in [-0.3, -0.25) is 0 Å². The molecule has 0 aliphatic heterocycles. The van der Waals surface area contributed by atoms with E-state index in [4.69, 9.17) is 4.74 Å². The fourth-order valence-corrected chi connectivity index (χ4v) is 2.05. The highest BCUT2D eigenvalue weighted by Crippen LogP contribution is 2.19. The quantitative estimate of drug-likeness (QED) is 0.853. The molecule has 1 N–H and O–H groups in total. The molecule has 0 aromatic heterocycles. The minimum atomic E-state index is 0.374. The Kier molecular flexibility index (Phi) is 5.13. The highest BCUT2D eigenvalue weighted by atomic mass is 16.5. The first-order chi connectivity index (χ1) is 9.29. The topological polar surface area (TPSA) is 21.3 Å². The smallest absolute Gasteiger partial charge is 0.0613 e. The summed E-state index contributed by atoms with van der Waals surface area (Å²) >= 11 is 0. The molecule has 0 aliphatic carbocycles. The molecule has 0 bridgehead atoms. The maximum atomic E-state index is 5.11. The molecule has 0 fully saturated rings. The Balaban J connectivity index is 1.95. The minimum Gasteiger partial charge on any atom is -0.383 e. The molecule has 2 aromatic rings. The van der Waals surface area contributed by atoms with E-state index in [1.54, 1.807) is 7.11 Å². The zero-order valence-electron chi connectivity index (χ0n) is 11.6. The van der Waals surface area contributed by atoms with Gasteiger partial charge in [0.15, 0.2) is 0 Å². The average molecular weight is 255 g/mol. The summed E-state index contributed by atoms with van der Waals surface area (Å²) in [5, 5.41) is 3.43. The van der Waals surface area contributed by atoms with Gasteiger partial charge in [0.2, 0.25) is 0 Å². The third-order valence-corrected chi connectivity index (χ3v) is 3.13. The molecule has 2 rings (SSSR count). The van der Waals surface area contributed by atoms with Crippen LogP contribution in [0.25, 0.3) is 11.1 Å². The highest BCUT2D eigenvalue weighted by Gasteiger charge is 2.01. The van der Waals surface area contributed by atoms with Crippen LogP contribution in [0, 0.1) is 0 Å². The summed E-state index contributed by atoms with van der Waals surface area (Å²) in [5.74, 6) is 0. The molecule has 0 radical (unpaired) electrons. The molecular weight excluding hydrogens is 234 g/mol. The lowest BCUT2D eigenvalue weighted by Crippen LogP contribution is -2.29. The minimum absolute atomic E-state index is 0.374. The van der Waals surface area contributed by atoms with Crippen molar-refractivity contribution in [3.8, 4) is 11.1 Å². The fraction of sp³-hybridized carbons (Fsp3) is 0.294. The summed E-state index contributed by atoms with van der Waals surface area (Å²) in [7, 11) is 1.73. The number of rotatable bonds is 6. The van der Waals surface area contributed by atoms with Gasteiger partial charge in [-0.15, -0.1) is 0 Å². The molecule has 19 heavy (non-hydrogen) atoms. The molecule has 0 spiro atoms. The van der Waals surface area contributed by atoms with Gasteiger partial charge in [-0.1, -0.05) is 54.6 Å². The van der Waals surface area contributed by atoms with Crippen LogP contribution >= 0.6 is 0 Å². The van der Waals surface area contributed by atoms with Crippen molar-refractivity contribution in [3.63, 3.8) is 0 Å². The number of ether oxygens (including phenoxy) is 1. The summed E-state index contributed by atoms with van der Waals surface area (Å²) < 4.78 is 5.11. The molecule has 1 atom stereocenters. The Morgan fingerprint density at radius 2 is 1.58 bits per heavy atom. The second kappa shape index (κ2) is 7.07. The lowest BCUT2D eigenvalue weighted by atomic mass is 10.0. The second-order valence-corrected chi connectivity index (χ2v) is 4.80. The van der Waals surface area contributed by atoms with Crippen LogP contribution in [0.3, 0.4) is 0 Å². The molecule has 0 saturated heterocycles. The molecule has 2 nitrogen and oxygen atoms in total. The standard InChI is InChI=1S/C17H21NO/c1-14(13-19-2)18-12-15-8-10-17(11-9-15)16-6-4-3-5-7-16/h3-11,14,18H,12-13H2,1-2H3. The third kappa shape index (κ3) is 4.19. The van der Waals surface area contributed by atoms with Crippen LogP contribution in [0.2, 0.25) is 0 Å². The lowest BCUT2D eigenvalue weighted by Gasteiger charge is -2.12. The van der Waals surface area contributed by atoms with E-state index in [9.17, 15) is 0 Å². The van der Waals surface area contributed by atoms with Gasteiger partial charge >= 0.3 is 0 Å². The maximum Gasteiger partial charge on any atom is 0.0613 e. The molecule has 0 heterocycles. The molecule has 2 heteroatoms. The van der Waals surface area contributed by atoms with Crippen LogP contribution in [0.1, 0.15) is 12.5 Å². The number of benzene rings is 2. The van der Waals surface area contributed by atoms with E-state index >= 15 is 0 Å². The van der Waals surface area contributed by atoms with Crippen molar-refractivity contribution >= 4 is 0 Å². The van der Waals surface area contributed by atoms with Gasteiger partial charge in [-0.2, -0.15) is 0 Å². The number of methoxy groups -OCH3 is 1. The fourth-order valence-electron chi connectivity index (χ4n) is 2.05. The van der Waals surface area contributed by atoms with Crippen LogP contribution in [0.4, 0.5) is 0 Å². The first kappa shape index (κ1) is 13.8. The van der Waals surface area contributed by atoms with Gasteiger partial charge in [0.1, 0.15) is 0 Å². The SMILES string of the molecule is COCC(C)NCc1ccc(-c2ccccc2)cc1. The Hall–Kier alpha value is -1.64. The van der Waals surface area contributed by atoms with E-state index in [0.29, 0.717) is 6.04 Å². The summed E-state index contributed by atoms with van der Waals surface area (Å²) in [5.41, 5.74) is 3.81. The largest absolute Gasteiger partial charge is 0.383 e. The molecule has 0 amide bonds. The Morgan fingerprint density at radius 1 is 0.947 bits per heavy atom. The van der Waals surface area contributed by atoms with Gasteiger partial charge < -0.3 is 10.1 Å². The van der Waals surface area contributed by atoms with Crippen LogP contribution in [0.5, 0.6) is 0 Å². The van der Waals surface area contributed by atoms with E-state index in [-0.39, 0.29) is 0 Å². The highest BCUT2D eigenvalue weighted by molar-refractivity contribution is 5.63. The summed E-state index contributed by atoms with van der Waals surface area (Å²) in [4.78, 5) is 0. The van der Waals surface area contributed by atoms with E-state index < -0.39 is 0 Å². The van der Waals surface area contributed by atoms with Crippen molar-refractivity contribution in [2.24, 2.45) is 0 Å². The predicted molar refractivity (Wildman–Crippen MR) is 80.1 cm³/mol. The van der Waals surface area contributed by atoms with E-state index in [0.717, 1.165) is 13.2 Å². The Bertz CT molecular complexity index is 478. The second-order valence-electron chi connectivity index (χ2n) is 4.80. The van der Waals surface area contributed by atoms with Crippen molar-refractivity contribution in [2.75, 3.05) is 13.7 Å². The Morgan fingerprint density at radius 3 is 2.21 bits per heavy atom. The van der Waals surface area contributed by atoms with E-state index in [2.05, 4.69) is 60.8 Å². The first-order valence-electron chi connectivity index (χ1n) is 6.66. The lowest BCUT2D eigenvalue weighted by molar-refractivity contribution is 0.171. The van der Waals surface area contributed by atoms with Crippen LogP contribution in [-0.2, 0) is 11.3 Å². The maximum absolute atomic E-state index is 5.11. The van der Waals surface area contributed by atoms with Crippen LogP contribution in [0.15, 0.2) is 54.6 Å². The van der Waals surface area contributed by atoms with Crippen molar-refractivity contribution in [3.05, 3.63) is 60.2 Å². The Labute approximate surface area is 115 Å². The van der Waals surface area contributed by atoms with E-state index in [1.807, 2.05) is 6.07 Å². The normalized spacial score (nSPS) is 12.3. The summed E-state index contributed by atoms with van der Waals surface area (Å²) in [6.45, 7) is 3.74. The predicted octanol–water partition coefficient (Wildman–Crippen LogP) is 3.48. The first-order valence-corrected chi connectivity index (χ1v) is 6.66. The molecular formula is C17H21NO. The molecule has 0 saturated carbocycles. The number of nitrogens with one attached hydrogen (secondary N) is 1. The van der Waals surface area contributed by atoms with Gasteiger partial charge in [0.25, 0.3) is 0 Å². The summed E-state index contributed by atoms with van der Waals surface area (Å²) in [6, 6.07) is 19.5. The van der Waals surface area contributed by atoms with Crippen molar-refractivity contribution in [1.29, 1.82) is 0 Å². The number of hydrogen-bond acceptors (Lipinski definition) is 2. The molecule has 1 unspecified atom stereocenters. The third-order valence-electron chi connectivity index (χ3n) is 3.13. The van der Waals surface area contributed by atoms with Crippen LogP contribution < -0.4 is 5.32 Å². The molecule has 0 aliphatic rings. The number of hydrogen-bond donors (Lipinski definition) is 1. The molecule has 2 aromatic carbocycles. The zero-order chi connectivity index (χ0) is 13.5. The van der Waals surface area contributed by atoms with Gasteiger partial charge in [-0.25, -0.2) is 0 Å². The molecule has 100 valence electrons. The van der Waals surface area contributed by atoms with Crippen LogP contribution in [-0.4, -0.2) is 19.8 Å². The van der Waals surface area contributed by atoms with Gasteiger partial charge in [0.05, 0.1) is 6.61 Å². The summed E-state index contributed by atoms with van der Waals surface area (Å²) in [6.07, 6.45) is 0. The van der Waals surface area contributed by atoms with Crippen molar-refractivity contribution in [2.45, 2.75) is 19.5 Å². The van der Waals surface area contributed by atoms with Crippen molar-refractivity contribution < 1.29 is 4.74 Å². The van der Waals surface area contributed by atoms with E-state index in [1.165, 1.54) is 16.7 Å². The zero-order valence-corrected chi connectivity index (χ0v) is 11.6. The van der Waals surface area contributed by atoms with Crippen molar-refractivity contribution in [1.82, 2.24) is 5.32 Å². The van der Waals surface area contributed by atoms with Gasteiger partial charge in [-0.05, 0) is 23.6 Å².